The van der Waals surface area contributed by atoms with Gasteiger partial charge < -0.3 is 10.6 Å². The molecule has 0 saturated carbocycles. The van der Waals surface area contributed by atoms with Crippen LogP contribution in [0.15, 0.2) is 48.5 Å². The number of likely N-dealkylation sites (tertiary alicyclic amines) is 1. The van der Waals surface area contributed by atoms with Gasteiger partial charge in [-0.2, -0.15) is 0 Å². The lowest BCUT2D eigenvalue weighted by molar-refractivity contribution is -0.132. The minimum absolute atomic E-state index is 0. The predicted octanol–water partition coefficient (Wildman–Crippen LogP) is 5.03. The van der Waals surface area contributed by atoms with Crippen molar-refractivity contribution in [2.75, 3.05) is 12.3 Å². The first-order valence-corrected chi connectivity index (χ1v) is 8.90. The van der Waals surface area contributed by atoms with Crippen molar-refractivity contribution in [3.05, 3.63) is 64.7 Å². The number of nitrogens with two attached hydrogens (primary N) is 1. The third-order valence-corrected chi connectivity index (χ3v) is 4.91. The van der Waals surface area contributed by atoms with Crippen LogP contribution in [-0.2, 0) is 11.2 Å². The lowest BCUT2D eigenvalue weighted by Gasteiger charge is -2.31. The van der Waals surface area contributed by atoms with Crippen molar-refractivity contribution in [2.24, 2.45) is 0 Å². The number of rotatable bonds is 3. The number of hydrogen-bond donors (Lipinski definition) is 1. The molecule has 1 amide bonds. The molecule has 0 aromatic heterocycles. The summed E-state index contributed by atoms with van der Waals surface area (Å²) < 4.78 is 0. The van der Waals surface area contributed by atoms with Crippen molar-refractivity contribution in [1.29, 1.82) is 0 Å². The maximum Gasteiger partial charge on any atom is 0.227 e. The lowest BCUT2D eigenvalue weighted by Crippen LogP contribution is -2.35. The van der Waals surface area contributed by atoms with Crippen LogP contribution in [0.1, 0.15) is 42.9 Å². The zero-order valence-electron chi connectivity index (χ0n) is 14.2. The molecule has 0 spiro atoms. The van der Waals surface area contributed by atoms with Gasteiger partial charge in [0.05, 0.1) is 12.5 Å². The van der Waals surface area contributed by atoms with Gasteiger partial charge in [0.25, 0.3) is 0 Å². The maximum absolute atomic E-state index is 12.9. The van der Waals surface area contributed by atoms with Crippen molar-refractivity contribution in [3.8, 4) is 0 Å². The van der Waals surface area contributed by atoms with E-state index in [0.717, 1.165) is 42.1 Å². The number of carbonyl (C=O) groups excluding carboxylic acids is 1. The van der Waals surface area contributed by atoms with Gasteiger partial charge in [-0.1, -0.05) is 48.7 Å². The summed E-state index contributed by atoms with van der Waals surface area (Å²) in [4.78, 5) is 15.0. The van der Waals surface area contributed by atoms with Gasteiger partial charge in [0.15, 0.2) is 0 Å². The molecule has 1 atom stereocenters. The average molecular weight is 379 g/mol. The topological polar surface area (TPSA) is 46.3 Å². The van der Waals surface area contributed by atoms with Crippen LogP contribution in [0.2, 0.25) is 5.02 Å². The normalized spacial score (nSPS) is 17.5. The lowest BCUT2D eigenvalue weighted by atomic mass is 10.00. The summed E-state index contributed by atoms with van der Waals surface area (Å²) in [6.45, 7) is 0.821. The summed E-state index contributed by atoms with van der Waals surface area (Å²) in [5, 5.41) is 0.729. The summed E-state index contributed by atoms with van der Waals surface area (Å²) in [7, 11) is 0. The predicted molar refractivity (Wildman–Crippen MR) is 106 cm³/mol. The molecule has 25 heavy (non-hydrogen) atoms. The smallest absolute Gasteiger partial charge is 0.227 e. The van der Waals surface area contributed by atoms with Crippen LogP contribution in [0.25, 0.3) is 0 Å². The monoisotopic (exact) mass is 378 g/mol. The fourth-order valence-corrected chi connectivity index (χ4v) is 3.48. The fourth-order valence-electron chi connectivity index (χ4n) is 3.35. The van der Waals surface area contributed by atoms with E-state index in [1.54, 1.807) is 0 Å². The summed E-state index contributed by atoms with van der Waals surface area (Å²) in [5.74, 6) is 0.182. The first-order valence-electron chi connectivity index (χ1n) is 8.53. The molecule has 1 heterocycles. The number of benzene rings is 2. The number of hydrogen-bond acceptors (Lipinski definition) is 2. The van der Waals surface area contributed by atoms with E-state index < -0.39 is 0 Å². The molecule has 2 aromatic rings. The second kappa shape index (κ2) is 9.12. The standard InChI is InChI=1S/C20H23ClN2O.ClH/c21-17-9-7-16(8-10-17)19-4-2-1-3-13-23(19)20(24)14-15-5-11-18(22)12-6-15;/h5-12,19H,1-4,13-14,22H2;1H. The van der Waals surface area contributed by atoms with E-state index in [-0.39, 0.29) is 24.4 Å². The molecule has 0 bridgehead atoms. The largest absolute Gasteiger partial charge is 0.399 e. The average Bonchev–Trinajstić information content (AvgIpc) is 2.84. The number of nitrogens with zero attached hydrogens (tertiary/aromatic N) is 1. The summed E-state index contributed by atoms with van der Waals surface area (Å²) in [6, 6.07) is 15.6. The number of anilines is 1. The van der Waals surface area contributed by atoms with Gasteiger partial charge in [0.1, 0.15) is 0 Å². The van der Waals surface area contributed by atoms with E-state index in [1.807, 2.05) is 53.4 Å². The number of nitrogen functional groups attached to an aromatic ring is 1. The number of halogens is 2. The van der Waals surface area contributed by atoms with Crippen molar-refractivity contribution < 1.29 is 4.79 Å². The number of carbonyl (C=O) groups is 1. The molecule has 2 N–H and O–H groups in total. The van der Waals surface area contributed by atoms with E-state index in [4.69, 9.17) is 17.3 Å². The van der Waals surface area contributed by atoms with Gasteiger partial charge in [0, 0.05) is 17.3 Å². The highest BCUT2D eigenvalue weighted by Crippen LogP contribution is 2.31. The number of amides is 1. The first kappa shape index (κ1) is 19.6. The molecule has 1 unspecified atom stereocenters. The van der Waals surface area contributed by atoms with Gasteiger partial charge in [-0.3, -0.25) is 4.79 Å². The van der Waals surface area contributed by atoms with E-state index in [0.29, 0.717) is 6.42 Å². The van der Waals surface area contributed by atoms with Crippen LogP contribution in [0.4, 0.5) is 5.69 Å². The Morgan fingerprint density at radius 2 is 1.72 bits per heavy atom. The highest BCUT2D eigenvalue weighted by Gasteiger charge is 2.26. The molecular formula is C20H24Cl2N2O. The van der Waals surface area contributed by atoms with E-state index in [9.17, 15) is 4.79 Å². The van der Waals surface area contributed by atoms with Crippen LogP contribution in [0.5, 0.6) is 0 Å². The Kier molecular flexibility index (Phi) is 7.15. The zero-order valence-corrected chi connectivity index (χ0v) is 15.7. The van der Waals surface area contributed by atoms with Gasteiger partial charge in [-0.05, 0) is 48.2 Å². The fraction of sp³-hybridized carbons (Fsp3) is 0.350. The molecule has 3 nitrogen and oxygen atoms in total. The molecule has 2 aromatic carbocycles. The Labute approximate surface area is 160 Å². The van der Waals surface area contributed by atoms with Crippen LogP contribution < -0.4 is 5.73 Å². The van der Waals surface area contributed by atoms with Crippen LogP contribution in [0, 0.1) is 0 Å². The van der Waals surface area contributed by atoms with E-state index in [1.165, 1.54) is 12.0 Å². The van der Waals surface area contributed by atoms with Crippen molar-refractivity contribution in [1.82, 2.24) is 4.90 Å². The van der Waals surface area contributed by atoms with Gasteiger partial charge >= 0.3 is 0 Å². The van der Waals surface area contributed by atoms with Gasteiger partial charge in [-0.15, -0.1) is 12.4 Å². The van der Waals surface area contributed by atoms with Crippen molar-refractivity contribution >= 4 is 35.6 Å². The highest BCUT2D eigenvalue weighted by molar-refractivity contribution is 6.30. The molecule has 0 aliphatic carbocycles. The second-order valence-electron chi connectivity index (χ2n) is 6.42. The Balaban J connectivity index is 0.00000225. The minimum atomic E-state index is 0. The SMILES string of the molecule is Cl.Nc1ccc(CC(=O)N2CCCCCC2c2ccc(Cl)cc2)cc1. The summed E-state index contributed by atoms with van der Waals surface area (Å²) in [5.41, 5.74) is 8.63. The molecule has 3 rings (SSSR count). The molecule has 1 aliphatic rings. The minimum Gasteiger partial charge on any atom is -0.399 e. The highest BCUT2D eigenvalue weighted by atomic mass is 35.5. The quantitative estimate of drug-likeness (QED) is 0.761. The first-order chi connectivity index (χ1) is 11.6. The van der Waals surface area contributed by atoms with Crippen LogP contribution in [0.3, 0.4) is 0 Å². The van der Waals surface area contributed by atoms with Gasteiger partial charge in [-0.25, -0.2) is 0 Å². The van der Waals surface area contributed by atoms with Gasteiger partial charge in [0.2, 0.25) is 5.91 Å². The molecule has 5 heteroatoms. The Morgan fingerprint density at radius 1 is 1.04 bits per heavy atom. The molecule has 134 valence electrons. The van der Waals surface area contributed by atoms with Crippen molar-refractivity contribution in [2.45, 2.75) is 38.1 Å². The zero-order chi connectivity index (χ0) is 16.9. The molecule has 1 saturated heterocycles. The van der Waals surface area contributed by atoms with E-state index >= 15 is 0 Å². The van der Waals surface area contributed by atoms with E-state index in [2.05, 4.69) is 0 Å². The molecule has 1 fully saturated rings. The molecular weight excluding hydrogens is 355 g/mol. The molecule has 0 radical (unpaired) electrons. The summed E-state index contributed by atoms with van der Waals surface area (Å²) >= 11 is 6.01. The third-order valence-electron chi connectivity index (χ3n) is 4.66. The van der Waals surface area contributed by atoms with Crippen LogP contribution in [-0.4, -0.2) is 17.4 Å². The summed E-state index contributed by atoms with van der Waals surface area (Å²) in [6.07, 6.45) is 4.83. The molecule has 1 aliphatic heterocycles. The Morgan fingerprint density at radius 3 is 2.40 bits per heavy atom. The van der Waals surface area contributed by atoms with Crippen molar-refractivity contribution in [3.63, 3.8) is 0 Å². The Bertz CT molecular complexity index is 686. The Hall–Kier alpha value is -1.71. The van der Waals surface area contributed by atoms with Crippen LogP contribution >= 0.6 is 24.0 Å². The second-order valence-corrected chi connectivity index (χ2v) is 6.86. The third kappa shape index (κ3) is 5.13. The maximum atomic E-state index is 12.9.